The lowest BCUT2D eigenvalue weighted by Gasteiger charge is -2.26. The fourth-order valence-electron chi connectivity index (χ4n) is 3.50. The lowest BCUT2D eigenvalue weighted by atomic mass is 10.1. The maximum absolute atomic E-state index is 14.0. The first-order valence-corrected chi connectivity index (χ1v) is 10.8. The van der Waals surface area contributed by atoms with Crippen LogP contribution in [-0.4, -0.2) is 15.8 Å². The predicted molar refractivity (Wildman–Crippen MR) is 115 cm³/mol. The molecule has 1 atom stereocenters. The van der Waals surface area contributed by atoms with Crippen LogP contribution >= 0.6 is 22.7 Å². The summed E-state index contributed by atoms with van der Waals surface area (Å²) in [5.41, 5.74) is -0.318. The Balaban J connectivity index is 1.65. The Labute approximate surface area is 185 Å². The molecule has 12 heteroatoms. The van der Waals surface area contributed by atoms with Crippen LogP contribution in [0.1, 0.15) is 27.0 Å². The summed E-state index contributed by atoms with van der Waals surface area (Å²) in [6, 6.07) is 9.81. The molecule has 7 nitrogen and oxygen atoms in total. The molecule has 0 saturated carbocycles. The largest absolute Gasteiger partial charge is 0.417 e. The number of benzene rings is 1. The average molecular weight is 476 g/mol. The highest BCUT2D eigenvalue weighted by molar-refractivity contribution is 7.21. The van der Waals surface area contributed by atoms with Gasteiger partial charge in [0, 0.05) is 17.5 Å². The summed E-state index contributed by atoms with van der Waals surface area (Å²) in [5, 5.41) is 18.1. The number of hydrogen-bond acceptors (Lipinski definition) is 7. The highest BCUT2D eigenvalue weighted by atomic mass is 32.1. The number of pyridine rings is 1. The molecule has 0 spiro atoms. The summed E-state index contributed by atoms with van der Waals surface area (Å²) in [6.45, 7) is 0. The number of amides is 1. The number of non-ortho nitro benzene ring substituents is 1. The minimum absolute atomic E-state index is 0.0506. The molecule has 162 valence electrons. The second-order valence-electron chi connectivity index (χ2n) is 6.92. The van der Waals surface area contributed by atoms with Crippen molar-refractivity contribution < 1.29 is 22.9 Å². The minimum Gasteiger partial charge on any atom is -0.360 e. The molecule has 0 fully saturated rings. The molecular formula is C20H11F3N4O3S2. The summed E-state index contributed by atoms with van der Waals surface area (Å²) < 4.78 is 42.0. The Morgan fingerprint density at radius 1 is 1.12 bits per heavy atom. The lowest BCUT2D eigenvalue weighted by Crippen LogP contribution is -2.37. The number of anilines is 1. The molecule has 32 heavy (non-hydrogen) atoms. The molecule has 4 aromatic rings. The van der Waals surface area contributed by atoms with E-state index in [4.69, 9.17) is 0 Å². The third-order valence-corrected chi connectivity index (χ3v) is 6.92. The number of halogens is 3. The fourth-order valence-corrected chi connectivity index (χ4v) is 5.25. The summed E-state index contributed by atoms with van der Waals surface area (Å²) in [6.07, 6.45) is -5.52. The van der Waals surface area contributed by atoms with Gasteiger partial charge in [0.15, 0.2) is 0 Å². The SMILES string of the molecule is O=C1NC(c2ccc([N+](=O)[O-])cc2)Nc2c1sc1nc(-c3cccs3)cc(C(F)(F)F)c21. The zero-order valence-corrected chi connectivity index (χ0v) is 17.4. The molecule has 1 aliphatic heterocycles. The molecule has 0 saturated heterocycles. The van der Waals surface area contributed by atoms with Gasteiger partial charge in [-0.05, 0) is 35.2 Å². The molecule has 1 amide bonds. The van der Waals surface area contributed by atoms with Crippen molar-refractivity contribution in [3.63, 3.8) is 0 Å². The number of carbonyl (C=O) groups excluding carboxylic acids is 1. The molecule has 4 heterocycles. The van der Waals surface area contributed by atoms with Crippen molar-refractivity contribution in [1.82, 2.24) is 10.3 Å². The molecule has 2 N–H and O–H groups in total. The lowest BCUT2D eigenvalue weighted by molar-refractivity contribution is -0.384. The van der Waals surface area contributed by atoms with Crippen LogP contribution in [0.4, 0.5) is 24.5 Å². The Kier molecular flexibility index (Phi) is 4.64. The van der Waals surface area contributed by atoms with Gasteiger partial charge in [0.05, 0.1) is 26.7 Å². The van der Waals surface area contributed by atoms with Gasteiger partial charge >= 0.3 is 6.18 Å². The quantitative estimate of drug-likeness (QED) is 0.287. The van der Waals surface area contributed by atoms with Gasteiger partial charge in [-0.25, -0.2) is 4.98 Å². The number of nitro benzene ring substituents is 1. The van der Waals surface area contributed by atoms with Crippen molar-refractivity contribution in [3.8, 4) is 10.6 Å². The predicted octanol–water partition coefficient (Wildman–Crippen LogP) is 5.81. The van der Waals surface area contributed by atoms with Crippen molar-refractivity contribution in [1.29, 1.82) is 0 Å². The molecular weight excluding hydrogens is 465 g/mol. The van der Waals surface area contributed by atoms with Gasteiger partial charge in [0.25, 0.3) is 11.6 Å². The topological polar surface area (TPSA) is 97.2 Å². The van der Waals surface area contributed by atoms with Crippen molar-refractivity contribution >= 4 is 50.2 Å². The number of nitro groups is 1. The van der Waals surface area contributed by atoms with Gasteiger partial charge in [0.1, 0.15) is 15.9 Å². The Bertz CT molecular complexity index is 1370. The molecule has 3 aromatic heterocycles. The third-order valence-electron chi connectivity index (χ3n) is 4.95. The monoisotopic (exact) mass is 476 g/mol. The second kappa shape index (κ2) is 7.28. The van der Waals surface area contributed by atoms with Crippen LogP contribution in [0, 0.1) is 10.1 Å². The van der Waals surface area contributed by atoms with E-state index in [0.29, 0.717) is 10.4 Å². The molecule has 0 radical (unpaired) electrons. The van der Waals surface area contributed by atoms with Crippen molar-refractivity contribution in [3.05, 3.63) is 74.0 Å². The van der Waals surface area contributed by atoms with Crippen LogP contribution in [0.5, 0.6) is 0 Å². The van der Waals surface area contributed by atoms with Gasteiger partial charge in [-0.3, -0.25) is 14.9 Å². The van der Waals surface area contributed by atoms with Crippen molar-refractivity contribution in [2.75, 3.05) is 5.32 Å². The smallest absolute Gasteiger partial charge is 0.360 e. The molecule has 0 aliphatic carbocycles. The number of alkyl halides is 3. The molecule has 5 rings (SSSR count). The fraction of sp³-hybridized carbons (Fsp3) is 0.100. The molecule has 1 aromatic carbocycles. The number of hydrogen-bond donors (Lipinski definition) is 2. The molecule has 1 unspecified atom stereocenters. The first kappa shape index (κ1) is 20.4. The number of thiophene rings is 2. The minimum atomic E-state index is -4.67. The summed E-state index contributed by atoms with van der Waals surface area (Å²) >= 11 is 2.15. The van der Waals surface area contributed by atoms with E-state index >= 15 is 0 Å². The normalized spacial score (nSPS) is 15.8. The maximum atomic E-state index is 14.0. The highest BCUT2D eigenvalue weighted by Gasteiger charge is 2.38. The van der Waals surface area contributed by atoms with Gasteiger partial charge in [0.2, 0.25) is 0 Å². The molecule has 0 bridgehead atoms. The van der Waals surface area contributed by atoms with E-state index in [-0.39, 0.29) is 32.2 Å². The van der Waals surface area contributed by atoms with E-state index in [9.17, 15) is 28.1 Å². The number of aromatic nitrogens is 1. The summed E-state index contributed by atoms with van der Waals surface area (Å²) in [5.74, 6) is -0.545. The Morgan fingerprint density at radius 2 is 1.88 bits per heavy atom. The zero-order valence-electron chi connectivity index (χ0n) is 15.8. The number of nitrogens with zero attached hydrogens (tertiary/aromatic N) is 2. The van der Waals surface area contributed by atoms with Gasteiger partial charge in [-0.15, -0.1) is 22.7 Å². The average Bonchev–Trinajstić information content (AvgIpc) is 3.41. The van der Waals surface area contributed by atoms with Crippen LogP contribution in [0.25, 0.3) is 20.8 Å². The van der Waals surface area contributed by atoms with E-state index < -0.39 is 28.7 Å². The number of nitrogens with one attached hydrogen (secondary N) is 2. The van der Waals surface area contributed by atoms with Gasteiger partial charge < -0.3 is 10.6 Å². The first-order chi connectivity index (χ1) is 15.2. The highest BCUT2D eigenvalue weighted by Crippen LogP contribution is 2.46. The number of carbonyl (C=O) groups is 1. The van der Waals surface area contributed by atoms with Gasteiger partial charge in [-0.2, -0.15) is 13.2 Å². The van der Waals surface area contributed by atoms with E-state index in [0.717, 1.165) is 17.4 Å². The summed E-state index contributed by atoms with van der Waals surface area (Å²) in [4.78, 5) is 28.2. The van der Waals surface area contributed by atoms with Crippen molar-refractivity contribution in [2.24, 2.45) is 0 Å². The standard InChI is InChI=1S/C20H11F3N4O3S2/c21-20(22,23)11-8-12(13-2-1-7-31-13)24-19-14(11)15-16(32-19)18(28)26-17(25-15)9-3-5-10(6-4-9)27(29)30/h1-8,17,25H,(H,26,28). The first-order valence-electron chi connectivity index (χ1n) is 9.13. The van der Waals surface area contributed by atoms with Gasteiger partial charge in [-0.1, -0.05) is 6.07 Å². The zero-order chi connectivity index (χ0) is 22.6. The van der Waals surface area contributed by atoms with Crippen LogP contribution < -0.4 is 10.6 Å². The van der Waals surface area contributed by atoms with Crippen LogP contribution in [0.3, 0.4) is 0 Å². The van der Waals surface area contributed by atoms with Crippen LogP contribution in [0.15, 0.2) is 47.8 Å². The Hall–Kier alpha value is -3.51. The van der Waals surface area contributed by atoms with Crippen molar-refractivity contribution in [2.45, 2.75) is 12.3 Å². The number of fused-ring (bicyclic) bond motifs is 3. The van der Waals surface area contributed by atoms with E-state index in [1.807, 2.05) is 0 Å². The van der Waals surface area contributed by atoms with Crippen LogP contribution in [0.2, 0.25) is 0 Å². The second-order valence-corrected chi connectivity index (χ2v) is 8.86. The van der Waals surface area contributed by atoms with E-state index in [2.05, 4.69) is 15.6 Å². The Morgan fingerprint density at radius 3 is 2.50 bits per heavy atom. The maximum Gasteiger partial charge on any atom is 0.417 e. The molecule has 1 aliphatic rings. The van der Waals surface area contributed by atoms with Crippen LogP contribution in [-0.2, 0) is 6.18 Å². The van der Waals surface area contributed by atoms with E-state index in [1.54, 1.807) is 17.5 Å². The number of rotatable bonds is 3. The summed E-state index contributed by atoms with van der Waals surface area (Å²) in [7, 11) is 0. The van der Waals surface area contributed by atoms with E-state index in [1.165, 1.54) is 35.6 Å². The third kappa shape index (κ3) is 3.37.